The average molecular weight is 304 g/mol. The van der Waals surface area contributed by atoms with E-state index >= 15 is 0 Å². The molecule has 2 aromatic heterocycles. The number of aromatic nitrogens is 3. The minimum absolute atomic E-state index is 0.532. The lowest BCUT2D eigenvalue weighted by molar-refractivity contribution is 0.977. The highest BCUT2D eigenvalue weighted by molar-refractivity contribution is 6.42. The number of pyridine rings is 1. The number of hydrogen-bond donors (Lipinski definition) is 1. The maximum atomic E-state index is 6.02. The summed E-state index contributed by atoms with van der Waals surface area (Å²) in [6, 6.07) is 11.3. The predicted molar refractivity (Wildman–Crippen MR) is 81.1 cm³/mol. The molecule has 3 aromatic rings. The van der Waals surface area contributed by atoms with Gasteiger partial charge in [0.2, 0.25) is 0 Å². The molecular weight excluding hydrogens is 293 g/mol. The van der Waals surface area contributed by atoms with Gasteiger partial charge in [0.25, 0.3) is 0 Å². The third-order valence-electron chi connectivity index (χ3n) is 2.93. The van der Waals surface area contributed by atoms with Crippen LogP contribution >= 0.6 is 23.2 Å². The van der Waals surface area contributed by atoms with Crippen LogP contribution in [-0.4, -0.2) is 15.0 Å². The van der Waals surface area contributed by atoms with Gasteiger partial charge in [0.15, 0.2) is 0 Å². The van der Waals surface area contributed by atoms with Crippen LogP contribution in [0, 0.1) is 0 Å². The topological polar surface area (TPSA) is 41.6 Å². The Labute approximate surface area is 126 Å². The molecule has 100 valence electrons. The number of H-pyrrole nitrogens is 1. The first-order valence-electron chi connectivity index (χ1n) is 6.11. The molecule has 0 saturated carbocycles. The van der Waals surface area contributed by atoms with E-state index in [0.29, 0.717) is 16.5 Å². The Kier molecular flexibility index (Phi) is 3.72. The molecule has 3 nitrogen and oxygen atoms in total. The summed E-state index contributed by atoms with van der Waals surface area (Å²) in [6.45, 7) is 0. The van der Waals surface area contributed by atoms with Crippen LogP contribution in [0.3, 0.4) is 0 Å². The van der Waals surface area contributed by atoms with Gasteiger partial charge in [-0.05, 0) is 24.3 Å². The second kappa shape index (κ2) is 5.65. The van der Waals surface area contributed by atoms with Crippen LogP contribution in [-0.2, 0) is 6.42 Å². The van der Waals surface area contributed by atoms with Crippen LogP contribution in [0.5, 0.6) is 0 Å². The van der Waals surface area contributed by atoms with E-state index in [1.807, 2.05) is 30.3 Å². The van der Waals surface area contributed by atoms with Crippen LogP contribution in [0.25, 0.3) is 11.3 Å². The van der Waals surface area contributed by atoms with Gasteiger partial charge in [-0.3, -0.25) is 4.98 Å². The largest absolute Gasteiger partial charge is 0.342 e. The molecule has 3 rings (SSSR count). The summed E-state index contributed by atoms with van der Waals surface area (Å²) in [5.74, 6) is 0.866. The first-order chi connectivity index (χ1) is 9.72. The molecule has 0 aliphatic heterocycles. The number of imidazole rings is 1. The summed E-state index contributed by atoms with van der Waals surface area (Å²) in [7, 11) is 0. The highest BCUT2D eigenvalue weighted by Gasteiger charge is 2.06. The zero-order chi connectivity index (χ0) is 13.9. The maximum Gasteiger partial charge on any atom is 0.112 e. The van der Waals surface area contributed by atoms with Crippen LogP contribution < -0.4 is 0 Å². The molecule has 0 radical (unpaired) electrons. The highest BCUT2D eigenvalue weighted by atomic mass is 35.5. The second-order valence-electron chi connectivity index (χ2n) is 4.37. The highest BCUT2D eigenvalue weighted by Crippen LogP contribution is 2.27. The van der Waals surface area contributed by atoms with Gasteiger partial charge in [-0.2, -0.15) is 0 Å². The van der Waals surface area contributed by atoms with Gasteiger partial charge in [-0.25, -0.2) is 4.98 Å². The van der Waals surface area contributed by atoms with Gasteiger partial charge in [0.1, 0.15) is 5.82 Å². The first kappa shape index (κ1) is 13.2. The van der Waals surface area contributed by atoms with Gasteiger partial charge in [-0.15, -0.1) is 0 Å². The van der Waals surface area contributed by atoms with E-state index in [1.54, 1.807) is 18.5 Å². The molecule has 20 heavy (non-hydrogen) atoms. The number of nitrogens with one attached hydrogen (secondary N) is 1. The maximum absolute atomic E-state index is 6.02. The van der Waals surface area contributed by atoms with E-state index in [0.717, 1.165) is 22.8 Å². The third-order valence-corrected chi connectivity index (χ3v) is 3.67. The molecule has 0 aliphatic rings. The van der Waals surface area contributed by atoms with Gasteiger partial charge in [0, 0.05) is 23.9 Å². The molecule has 0 fully saturated rings. The van der Waals surface area contributed by atoms with E-state index in [1.165, 1.54) is 0 Å². The molecule has 1 N–H and O–H groups in total. The molecular formula is C15H11Cl2N3. The minimum atomic E-state index is 0.532. The van der Waals surface area contributed by atoms with Crippen LogP contribution in [0.4, 0.5) is 0 Å². The second-order valence-corrected chi connectivity index (χ2v) is 5.18. The fourth-order valence-corrected chi connectivity index (χ4v) is 2.24. The Bertz CT molecular complexity index is 723. The molecule has 1 aromatic carbocycles. The lowest BCUT2D eigenvalue weighted by Gasteiger charge is -2.00. The number of halogens is 2. The van der Waals surface area contributed by atoms with Crippen molar-refractivity contribution in [3.05, 3.63) is 70.4 Å². The SMILES string of the molecule is Clc1ccc(-c2cnc(Cc3ccccn3)[nH]2)cc1Cl. The number of hydrogen-bond acceptors (Lipinski definition) is 2. The lowest BCUT2D eigenvalue weighted by atomic mass is 10.2. The Morgan fingerprint density at radius 2 is 1.90 bits per heavy atom. The van der Waals surface area contributed by atoms with Gasteiger partial charge < -0.3 is 4.98 Å². The molecule has 2 heterocycles. The molecule has 0 bridgehead atoms. The summed E-state index contributed by atoms with van der Waals surface area (Å²) in [5, 5.41) is 1.08. The lowest BCUT2D eigenvalue weighted by Crippen LogP contribution is -1.93. The van der Waals surface area contributed by atoms with Crippen molar-refractivity contribution in [2.24, 2.45) is 0 Å². The third kappa shape index (κ3) is 2.84. The van der Waals surface area contributed by atoms with Gasteiger partial charge in [0.05, 0.1) is 21.9 Å². The molecule has 0 amide bonds. The van der Waals surface area contributed by atoms with Crippen LogP contribution in [0.15, 0.2) is 48.8 Å². The number of rotatable bonds is 3. The number of nitrogens with zero attached hydrogens (tertiary/aromatic N) is 2. The van der Waals surface area contributed by atoms with Crippen molar-refractivity contribution in [2.45, 2.75) is 6.42 Å². The Hall–Kier alpha value is -1.84. The number of benzene rings is 1. The smallest absolute Gasteiger partial charge is 0.112 e. The Morgan fingerprint density at radius 1 is 1.00 bits per heavy atom. The molecule has 0 atom stereocenters. The van der Waals surface area contributed by atoms with Crippen molar-refractivity contribution in [3.63, 3.8) is 0 Å². The molecule has 0 saturated heterocycles. The fraction of sp³-hybridized carbons (Fsp3) is 0.0667. The predicted octanol–water partition coefficient (Wildman–Crippen LogP) is 4.37. The van der Waals surface area contributed by atoms with E-state index in [-0.39, 0.29) is 0 Å². The summed E-state index contributed by atoms with van der Waals surface area (Å²) >= 11 is 11.9. The van der Waals surface area contributed by atoms with Crippen LogP contribution in [0.2, 0.25) is 10.0 Å². The zero-order valence-electron chi connectivity index (χ0n) is 10.5. The quantitative estimate of drug-likeness (QED) is 0.780. The van der Waals surface area contributed by atoms with Crippen molar-refractivity contribution in [1.82, 2.24) is 15.0 Å². The van der Waals surface area contributed by atoms with Crippen molar-refractivity contribution in [1.29, 1.82) is 0 Å². The standard InChI is InChI=1S/C15H11Cl2N3/c16-12-5-4-10(7-13(12)17)14-9-19-15(20-14)8-11-3-1-2-6-18-11/h1-7,9H,8H2,(H,19,20). The monoisotopic (exact) mass is 303 g/mol. The number of aromatic amines is 1. The molecule has 0 unspecified atom stereocenters. The van der Waals surface area contributed by atoms with E-state index in [2.05, 4.69) is 15.0 Å². The first-order valence-corrected chi connectivity index (χ1v) is 6.87. The van der Waals surface area contributed by atoms with E-state index in [4.69, 9.17) is 23.2 Å². The Balaban J connectivity index is 1.84. The normalized spacial score (nSPS) is 10.7. The van der Waals surface area contributed by atoms with Gasteiger partial charge in [-0.1, -0.05) is 35.3 Å². The van der Waals surface area contributed by atoms with Crippen molar-refractivity contribution >= 4 is 23.2 Å². The fourth-order valence-electron chi connectivity index (χ4n) is 1.94. The molecule has 0 aliphatic carbocycles. The molecule has 0 spiro atoms. The van der Waals surface area contributed by atoms with E-state index in [9.17, 15) is 0 Å². The zero-order valence-corrected chi connectivity index (χ0v) is 12.0. The van der Waals surface area contributed by atoms with Crippen LogP contribution in [0.1, 0.15) is 11.5 Å². The minimum Gasteiger partial charge on any atom is -0.342 e. The van der Waals surface area contributed by atoms with E-state index < -0.39 is 0 Å². The Morgan fingerprint density at radius 3 is 2.65 bits per heavy atom. The van der Waals surface area contributed by atoms with Crippen molar-refractivity contribution < 1.29 is 0 Å². The van der Waals surface area contributed by atoms with Crippen molar-refractivity contribution in [3.8, 4) is 11.3 Å². The summed E-state index contributed by atoms with van der Waals surface area (Å²) in [5.41, 5.74) is 2.84. The summed E-state index contributed by atoms with van der Waals surface area (Å²) < 4.78 is 0. The van der Waals surface area contributed by atoms with Gasteiger partial charge >= 0.3 is 0 Å². The van der Waals surface area contributed by atoms with Crippen molar-refractivity contribution in [2.75, 3.05) is 0 Å². The summed E-state index contributed by atoms with van der Waals surface area (Å²) in [6.07, 6.45) is 4.23. The molecule has 5 heteroatoms. The summed E-state index contributed by atoms with van der Waals surface area (Å²) in [4.78, 5) is 11.9. The average Bonchev–Trinajstić information content (AvgIpc) is 2.91.